The van der Waals surface area contributed by atoms with Gasteiger partial charge in [-0.2, -0.15) is 0 Å². The van der Waals surface area contributed by atoms with Crippen LogP contribution in [0.4, 0.5) is 21.0 Å². The molecule has 2 aromatic rings. The molecule has 1 aromatic heterocycles. The maximum Gasteiger partial charge on any atom is 0.415 e. The average Bonchev–Trinajstić information content (AvgIpc) is 3.45. The Balaban J connectivity index is 1.31. The topological polar surface area (TPSA) is 85.4 Å². The molecular weight excluding hydrogens is 432 g/mol. The Hall–Kier alpha value is -2.78. The third kappa shape index (κ3) is 3.27. The van der Waals surface area contributed by atoms with E-state index in [1.54, 1.807) is 35.2 Å². The van der Waals surface area contributed by atoms with E-state index in [-0.39, 0.29) is 24.9 Å². The summed E-state index contributed by atoms with van der Waals surface area (Å²) in [6.07, 6.45) is -0.659. The van der Waals surface area contributed by atoms with Crippen LogP contribution in [0.1, 0.15) is 22.5 Å². The van der Waals surface area contributed by atoms with E-state index in [0.717, 1.165) is 0 Å². The molecule has 4 heterocycles. The number of hydrogen-bond donors (Lipinski definition) is 0. The highest BCUT2D eigenvalue weighted by Gasteiger charge is 2.46. The summed E-state index contributed by atoms with van der Waals surface area (Å²) in [5, 5.41) is 0. The first-order valence-corrected chi connectivity index (χ1v) is 10.7. The highest BCUT2D eigenvalue weighted by Crippen LogP contribution is 2.42. The van der Waals surface area contributed by atoms with Crippen molar-refractivity contribution in [2.75, 3.05) is 29.6 Å². The van der Waals surface area contributed by atoms with Crippen LogP contribution in [0.25, 0.3) is 0 Å². The van der Waals surface area contributed by atoms with Crippen molar-refractivity contribution in [3.05, 3.63) is 39.5 Å². The van der Waals surface area contributed by atoms with Gasteiger partial charge >= 0.3 is 12.2 Å². The lowest BCUT2D eigenvalue weighted by Crippen LogP contribution is -2.44. The normalized spacial score (nSPS) is 22.3. The molecule has 156 valence electrons. The van der Waals surface area contributed by atoms with Crippen LogP contribution in [0.2, 0.25) is 4.34 Å². The van der Waals surface area contributed by atoms with Crippen LogP contribution in [-0.4, -0.2) is 49.9 Å². The molecule has 0 spiro atoms. The molecule has 0 unspecified atom stereocenters. The smallest absolute Gasteiger partial charge is 0.415 e. The van der Waals surface area contributed by atoms with Crippen molar-refractivity contribution in [1.82, 2.24) is 0 Å². The number of fused-ring (bicyclic) bond motifs is 3. The van der Waals surface area contributed by atoms with E-state index < -0.39 is 18.3 Å². The van der Waals surface area contributed by atoms with Gasteiger partial charge in [0.1, 0.15) is 31.1 Å². The molecule has 3 aliphatic heterocycles. The molecule has 2 atom stereocenters. The number of amides is 2. The van der Waals surface area contributed by atoms with E-state index in [9.17, 15) is 14.4 Å². The number of Topliss-reactive ketones (excluding diaryl/α,β-unsaturated/α-hetero) is 1. The summed E-state index contributed by atoms with van der Waals surface area (Å²) in [5.41, 5.74) is 1.24. The maximum atomic E-state index is 12.6. The van der Waals surface area contributed by atoms with Crippen molar-refractivity contribution in [3.63, 3.8) is 0 Å². The van der Waals surface area contributed by atoms with Gasteiger partial charge in [0.15, 0.2) is 5.78 Å². The molecule has 5 rings (SSSR count). The summed E-state index contributed by atoms with van der Waals surface area (Å²) < 4.78 is 17.0. The molecule has 0 N–H and O–H groups in total. The van der Waals surface area contributed by atoms with Crippen molar-refractivity contribution in [2.24, 2.45) is 0 Å². The Morgan fingerprint density at radius 3 is 2.77 bits per heavy atom. The van der Waals surface area contributed by atoms with Crippen LogP contribution in [0, 0.1) is 0 Å². The van der Waals surface area contributed by atoms with Crippen LogP contribution >= 0.6 is 22.9 Å². The van der Waals surface area contributed by atoms with Gasteiger partial charge in [-0.05, 0) is 30.7 Å². The number of carbonyl (C=O) groups excluding carboxylic acids is 3. The molecule has 0 saturated carbocycles. The SMILES string of the molecule is O=C(CC[C@@H]1OC(=O)N2c3ccc(N4CCOC4=O)cc3OC[C@@H]12)c1ccc(Cl)s1. The summed E-state index contributed by atoms with van der Waals surface area (Å²) in [4.78, 5) is 40.4. The van der Waals surface area contributed by atoms with Gasteiger partial charge < -0.3 is 14.2 Å². The number of hydrogen-bond acceptors (Lipinski definition) is 7. The van der Waals surface area contributed by atoms with Crippen molar-refractivity contribution in [3.8, 4) is 5.75 Å². The number of anilines is 2. The van der Waals surface area contributed by atoms with Crippen LogP contribution in [0.3, 0.4) is 0 Å². The van der Waals surface area contributed by atoms with Crippen molar-refractivity contribution < 1.29 is 28.6 Å². The Kier molecular flexibility index (Phi) is 4.79. The monoisotopic (exact) mass is 448 g/mol. The van der Waals surface area contributed by atoms with Crippen LogP contribution < -0.4 is 14.5 Å². The summed E-state index contributed by atoms with van der Waals surface area (Å²) in [7, 11) is 0. The second-order valence-electron chi connectivity index (χ2n) is 7.15. The van der Waals surface area contributed by atoms with Gasteiger partial charge in [0.25, 0.3) is 0 Å². The molecule has 2 fully saturated rings. The number of cyclic esters (lactones) is 2. The van der Waals surface area contributed by atoms with E-state index in [1.165, 1.54) is 16.2 Å². The molecule has 0 bridgehead atoms. The fraction of sp³-hybridized carbons (Fsp3) is 0.350. The zero-order valence-electron chi connectivity index (χ0n) is 15.7. The van der Waals surface area contributed by atoms with Crippen molar-refractivity contribution in [1.29, 1.82) is 0 Å². The van der Waals surface area contributed by atoms with Gasteiger partial charge in [-0.3, -0.25) is 14.6 Å². The standard InChI is InChI=1S/C20H17ClN2O6S/c21-18-6-5-17(30-18)14(24)3-4-15-13-10-28-16-9-11(22-7-8-27-19(22)25)1-2-12(16)23(13)20(26)29-15/h1-2,5-6,9,13,15H,3-4,7-8,10H2/t13-,15-/m0/s1. The number of halogens is 1. The Morgan fingerprint density at radius 2 is 2.03 bits per heavy atom. The minimum atomic E-state index is -0.463. The molecule has 10 heteroatoms. The van der Waals surface area contributed by atoms with Gasteiger partial charge in [0.05, 0.1) is 27.1 Å². The third-order valence-electron chi connectivity index (χ3n) is 5.40. The minimum Gasteiger partial charge on any atom is -0.489 e. The predicted octanol–water partition coefficient (Wildman–Crippen LogP) is 4.11. The highest BCUT2D eigenvalue weighted by atomic mass is 35.5. The fourth-order valence-corrected chi connectivity index (χ4v) is 4.94. The predicted molar refractivity (Wildman–Crippen MR) is 110 cm³/mol. The average molecular weight is 449 g/mol. The van der Waals surface area contributed by atoms with E-state index in [0.29, 0.717) is 45.9 Å². The lowest BCUT2D eigenvalue weighted by Gasteiger charge is -2.31. The molecule has 30 heavy (non-hydrogen) atoms. The third-order valence-corrected chi connectivity index (χ3v) is 6.67. The highest BCUT2D eigenvalue weighted by molar-refractivity contribution is 7.18. The van der Waals surface area contributed by atoms with Gasteiger partial charge in [-0.1, -0.05) is 11.6 Å². The van der Waals surface area contributed by atoms with E-state index in [1.807, 2.05) is 0 Å². The molecular formula is C20H17ClN2O6S. The summed E-state index contributed by atoms with van der Waals surface area (Å²) in [5.74, 6) is 0.478. The van der Waals surface area contributed by atoms with E-state index in [2.05, 4.69) is 0 Å². The minimum absolute atomic E-state index is 0.0272. The van der Waals surface area contributed by atoms with Gasteiger partial charge in [-0.25, -0.2) is 9.59 Å². The van der Waals surface area contributed by atoms with Crippen molar-refractivity contribution >= 4 is 52.3 Å². The number of ether oxygens (including phenoxy) is 3. The van der Waals surface area contributed by atoms with Crippen LogP contribution in [0.5, 0.6) is 5.75 Å². The molecule has 2 amide bonds. The second-order valence-corrected chi connectivity index (χ2v) is 8.87. The molecule has 2 saturated heterocycles. The molecule has 0 aliphatic carbocycles. The Labute approximate surface area is 180 Å². The van der Waals surface area contributed by atoms with Crippen molar-refractivity contribution in [2.45, 2.75) is 25.0 Å². The number of nitrogens with zero attached hydrogens (tertiary/aromatic N) is 2. The quantitative estimate of drug-likeness (QED) is 0.640. The first kappa shape index (κ1) is 19.2. The Bertz CT molecular complexity index is 1040. The first-order chi connectivity index (χ1) is 14.5. The molecule has 3 aliphatic rings. The largest absolute Gasteiger partial charge is 0.489 e. The molecule has 1 aromatic carbocycles. The van der Waals surface area contributed by atoms with E-state index in [4.69, 9.17) is 25.8 Å². The summed E-state index contributed by atoms with van der Waals surface area (Å²) >= 11 is 7.14. The number of thiophene rings is 1. The Morgan fingerprint density at radius 1 is 1.17 bits per heavy atom. The molecule has 8 nitrogen and oxygen atoms in total. The summed E-state index contributed by atoms with van der Waals surface area (Å²) in [6, 6.07) is 8.30. The lowest BCUT2D eigenvalue weighted by molar-refractivity contribution is 0.0904. The number of rotatable bonds is 5. The molecule has 0 radical (unpaired) electrons. The lowest BCUT2D eigenvalue weighted by atomic mass is 10.0. The maximum absolute atomic E-state index is 12.6. The van der Waals surface area contributed by atoms with Crippen LogP contribution in [-0.2, 0) is 9.47 Å². The zero-order valence-corrected chi connectivity index (χ0v) is 17.3. The van der Waals surface area contributed by atoms with Gasteiger partial charge in [0.2, 0.25) is 0 Å². The number of carbonyl (C=O) groups is 3. The van der Waals surface area contributed by atoms with E-state index >= 15 is 0 Å². The fourth-order valence-electron chi connectivity index (χ4n) is 3.93. The van der Waals surface area contributed by atoms with Gasteiger partial charge in [0, 0.05) is 12.5 Å². The van der Waals surface area contributed by atoms with Crippen LogP contribution in [0.15, 0.2) is 30.3 Å². The second kappa shape index (κ2) is 7.48. The van der Waals surface area contributed by atoms with Gasteiger partial charge in [-0.15, -0.1) is 11.3 Å². The number of benzene rings is 1. The zero-order chi connectivity index (χ0) is 20.8. The number of ketones is 1. The summed E-state index contributed by atoms with van der Waals surface area (Å²) in [6.45, 7) is 1.06. The first-order valence-electron chi connectivity index (χ1n) is 9.51.